The zero-order valence-electron chi connectivity index (χ0n) is 34.2. The molecule has 0 aromatic heterocycles. The molecule has 4 atom stereocenters. The van der Waals surface area contributed by atoms with Crippen LogP contribution in [0.5, 0.6) is 0 Å². The number of anilines is 1. The predicted octanol–water partition coefficient (Wildman–Crippen LogP) is 6.32. The number of aryl methyl sites for hydroxylation is 1. The molecule has 1 heterocycles. The van der Waals surface area contributed by atoms with E-state index in [0.29, 0.717) is 18.5 Å². The Hall–Kier alpha value is -5.39. The number of likely N-dealkylation sites (N-methyl/N-ethyl adjacent to an activating group) is 1. The van der Waals surface area contributed by atoms with Gasteiger partial charge in [0.25, 0.3) is 0 Å². The summed E-state index contributed by atoms with van der Waals surface area (Å²) in [6, 6.07) is 18.3. The average Bonchev–Trinajstić information content (AvgIpc) is 3.16. The van der Waals surface area contributed by atoms with Gasteiger partial charge in [0.1, 0.15) is 23.7 Å². The molecule has 0 saturated carbocycles. The van der Waals surface area contributed by atoms with E-state index < -0.39 is 53.0 Å². The second-order valence-electron chi connectivity index (χ2n) is 16.9. The molecule has 56 heavy (non-hydrogen) atoms. The lowest BCUT2D eigenvalue weighted by Crippen LogP contribution is -2.62. The number of fused-ring (bicyclic) bond motifs is 2. The summed E-state index contributed by atoms with van der Waals surface area (Å²) in [6.45, 7) is 13.1. The van der Waals surface area contributed by atoms with Crippen LogP contribution >= 0.6 is 0 Å². The molecule has 0 fully saturated rings. The van der Waals surface area contributed by atoms with Crippen LogP contribution in [0.2, 0.25) is 0 Å². The van der Waals surface area contributed by atoms with Gasteiger partial charge in [-0.2, -0.15) is 0 Å². The third-order valence-electron chi connectivity index (χ3n) is 10.5. The van der Waals surface area contributed by atoms with E-state index in [1.165, 1.54) is 24.6 Å². The van der Waals surface area contributed by atoms with E-state index in [1.54, 1.807) is 44.7 Å². The molecule has 1 aliphatic carbocycles. The summed E-state index contributed by atoms with van der Waals surface area (Å²) >= 11 is 0. The van der Waals surface area contributed by atoms with E-state index in [2.05, 4.69) is 28.1 Å². The number of hydrogen-bond donors (Lipinski definition) is 3. The highest BCUT2D eigenvalue weighted by atomic mass is 16.6. The number of nitrogens with one attached hydrogen (secondary N) is 3. The Bertz CT molecular complexity index is 1930. The number of amides is 4. The fourth-order valence-corrected chi connectivity index (χ4v) is 7.16. The molecule has 4 amide bonds. The predicted molar refractivity (Wildman–Crippen MR) is 215 cm³/mol. The van der Waals surface area contributed by atoms with E-state index in [9.17, 15) is 24.0 Å². The van der Waals surface area contributed by atoms with Crippen LogP contribution in [0.1, 0.15) is 106 Å². The Morgan fingerprint density at radius 2 is 1.61 bits per heavy atom. The number of rotatable bonds is 10. The van der Waals surface area contributed by atoms with Crippen molar-refractivity contribution in [3.05, 3.63) is 100 Å². The first-order chi connectivity index (χ1) is 26.4. The van der Waals surface area contributed by atoms with Gasteiger partial charge in [-0.25, -0.2) is 9.59 Å². The van der Waals surface area contributed by atoms with Crippen molar-refractivity contribution >= 4 is 35.5 Å². The molecule has 0 saturated heterocycles. The van der Waals surface area contributed by atoms with Crippen LogP contribution < -0.4 is 16.0 Å². The van der Waals surface area contributed by atoms with E-state index in [1.807, 2.05) is 63.2 Å². The Morgan fingerprint density at radius 1 is 0.911 bits per heavy atom. The first-order valence-electron chi connectivity index (χ1n) is 19.3. The van der Waals surface area contributed by atoms with E-state index in [4.69, 9.17) is 9.47 Å². The number of carbonyl (C=O) groups is 5. The van der Waals surface area contributed by atoms with E-state index in [0.717, 1.165) is 47.2 Å². The number of carbonyl (C=O) groups excluding carboxylic acids is 5. The zero-order chi connectivity index (χ0) is 40.9. The fraction of sp³-hybridized carbons (Fsp3) is 0.477. The molecule has 12 nitrogen and oxygen atoms in total. The highest BCUT2D eigenvalue weighted by Gasteiger charge is 2.43. The molecular weight excluding hydrogens is 711 g/mol. The molecule has 0 bridgehead atoms. The Morgan fingerprint density at radius 3 is 2.27 bits per heavy atom. The smallest absolute Gasteiger partial charge is 0.410 e. The van der Waals surface area contributed by atoms with Crippen LogP contribution in [0.15, 0.2) is 66.7 Å². The van der Waals surface area contributed by atoms with Gasteiger partial charge in [0.15, 0.2) is 0 Å². The lowest BCUT2D eigenvalue weighted by atomic mass is 9.83. The summed E-state index contributed by atoms with van der Waals surface area (Å²) in [7, 11) is 2.83. The number of esters is 1. The Balaban J connectivity index is 1.41. The summed E-state index contributed by atoms with van der Waals surface area (Å²) in [5.74, 6) is -1.56. The van der Waals surface area contributed by atoms with Gasteiger partial charge in [-0.05, 0) is 104 Å². The van der Waals surface area contributed by atoms with Gasteiger partial charge in [-0.1, -0.05) is 63.2 Å². The van der Waals surface area contributed by atoms with Gasteiger partial charge < -0.3 is 30.3 Å². The summed E-state index contributed by atoms with van der Waals surface area (Å²) in [4.78, 5) is 70.5. The van der Waals surface area contributed by atoms with Crippen molar-refractivity contribution in [1.82, 2.24) is 20.4 Å². The molecule has 3 aromatic rings. The standard InChI is InChI=1S/C44H57N5O7/c1-27(48(8)42(54)56-44(5,6)7)38(50)47-37(43(2,3)4)40(52)49-26-32-23-33(45-25-28-17-19-30(20-18-28)41(53)55-9)22-21-31(32)24-36(49)39(51)46-35-16-12-14-29-13-10-11-15-34(29)35/h10-11,13,15,17-23,27,35-37,45H,12,14,16,24-26H2,1-9H3,(H,46,51)(H,47,50)/t27-,35+,36-,37+/m0/s1. The third-order valence-corrected chi connectivity index (χ3v) is 10.5. The molecule has 300 valence electrons. The maximum Gasteiger partial charge on any atom is 0.410 e. The van der Waals surface area contributed by atoms with Crippen molar-refractivity contribution in [2.75, 3.05) is 19.5 Å². The molecule has 3 aromatic carbocycles. The van der Waals surface area contributed by atoms with Crippen LogP contribution in [-0.4, -0.2) is 77.5 Å². The molecule has 0 spiro atoms. The van der Waals surface area contributed by atoms with Crippen LogP contribution in [-0.2, 0) is 49.8 Å². The minimum atomic E-state index is -1.02. The van der Waals surface area contributed by atoms with Gasteiger partial charge in [0.05, 0.1) is 18.7 Å². The number of nitrogens with zero attached hydrogens (tertiary/aromatic N) is 2. The molecule has 3 N–H and O–H groups in total. The molecular formula is C44H57N5O7. The van der Waals surface area contributed by atoms with Crippen molar-refractivity contribution in [1.29, 1.82) is 0 Å². The van der Waals surface area contributed by atoms with Gasteiger partial charge in [0.2, 0.25) is 17.7 Å². The molecule has 1 aliphatic heterocycles. The molecule has 12 heteroatoms. The maximum atomic E-state index is 14.9. The quantitative estimate of drug-likeness (QED) is 0.203. The van der Waals surface area contributed by atoms with Crippen LogP contribution in [0, 0.1) is 5.41 Å². The highest BCUT2D eigenvalue weighted by molar-refractivity contribution is 5.95. The van der Waals surface area contributed by atoms with Gasteiger partial charge in [0, 0.05) is 32.2 Å². The maximum absolute atomic E-state index is 14.9. The van der Waals surface area contributed by atoms with Gasteiger partial charge in [-0.3, -0.25) is 19.3 Å². The van der Waals surface area contributed by atoms with Gasteiger partial charge >= 0.3 is 12.1 Å². The third kappa shape index (κ3) is 10.1. The number of ether oxygens (including phenoxy) is 2. The van der Waals surface area contributed by atoms with Crippen molar-refractivity contribution in [2.24, 2.45) is 5.41 Å². The van der Waals surface area contributed by atoms with Crippen molar-refractivity contribution in [3.63, 3.8) is 0 Å². The van der Waals surface area contributed by atoms with E-state index in [-0.39, 0.29) is 18.5 Å². The second kappa shape index (κ2) is 17.2. The van der Waals surface area contributed by atoms with Crippen LogP contribution in [0.4, 0.5) is 10.5 Å². The number of benzene rings is 3. The fourth-order valence-electron chi connectivity index (χ4n) is 7.16. The number of methoxy groups -OCH3 is 1. The van der Waals surface area contributed by atoms with Gasteiger partial charge in [-0.15, -0.1) is 0 Å². The molecule has 0 radical (unpaired) electrons. The minimum Gasteiger partial charge on any atom is -0.465 e. The second-order valence-corrected chi connectivity index (χ2v) is 16.9. The Labute approximate surface area is 330 Å². The summed E-state index contributed by atoms with van der Waals surface area (Å²) in [5.41, 5.74) is 4.90. The lowest BCUT2D eigenvalue weighted by molar-refractivity contribution is -0.147. The first kappa shape index (κ1) is 41.8. The van der Waals surface area contributed by atoms with E-state index >= 15 is 0 Å². The Kier molecular flexibility index (Phi) is 12.8. The summed E-state index contributed by atoms with van der Waals surface area (Å²) in [6.07, 6.45) is 2.32. The summed E-state index contributed by atoms with van der Waals surface area (Å²) < 4.78 is 10.3. The van der Waals surface area contributed by atoms with Crippen LogP contribution in [0.3, 0.4) is 0 Å². The van der Waals surface area contributed by atoms with Crippen molar-refractivity contribution in [2.45, 2.75) is 117 Å². The zero-order valence-corrected chi connectivity index (χ0v) is 34.2. The van der Waals surface area contributed by atoms with Crippen molar-refractivity contribution < 1.29 is 33.4 Å². The SMILES string of the molecule is COC(=O)c1ccc(CNc2ccc3c(c2)CN(C(=O)[C@@H](NC(=O)[C@H](C)N(C)C(=O)OC(C)(C)C)C(C)(C)C)[C@H](C(=O)N[C@@H]2CCCc4ccccc42)C3)cc1. The average molecular weight is 768 g/mol. The minimum absolute atomic E-state index is 0.146. The van der Waals surface area contributed by atoms with Crippen molar-refractivity contribution in [3.8, 4) is 0 Å². The lowest BCUT2D eigenvalue weighted by Gasteiger charge is -2.42. The first-order valence-corrected chi connectivity index (χ1v) is 19.3. The monoisotopic (exact) mass is 767 g/mol. The normalized spacial score (nSPS) is 17.6. The largest absolute Gasteiger partial charge is 0.465 e. The number of hydrogen-bond acceptors (Lipinski definition) is 8. The summed E-state index contributed by atoms with van der Waals surface area (Å²) in [5, 5.41) is 9.67. The van der Waals surface area contributed by atoms with Crippen LogP contribution in [0.25, 0.3) is 0 Å². The molecule has 0 unspecified atom stereocenters. The molecule has 2 aliphatic rings. The topological polar surface area (TPSA) is 146 Å². The molecule has 5 rings (SSSR count). The highest BCUT2D eigenvalue weighted by Crippen LogP contribution is 2.33.